The molecular weight excluding hydrogens is 274 g/mol. The van der Waals surface area contributed by atoms with Crippen molar-refractivity contribution in [3.8, 4) is 0 Å². The van der Waals surface area contributed by atoms with E-state index in [1.54, 1.807) is 16.7 Å². The Hall–Kier alpha value is -1.49. The molecule has 0 aliphatic carbocycles. The molecule has 1 aliphatic heterocycles. The molecule has 0 spiro atoms. The Balaban J connectivity index is 2.14. The Morgan fingerprint density at radius 2 is 2.15 bits per heavy atom. The zero-order valence-corrected chi connectivity index (χ0v) is 12.4. The maximum absolute atomic E-state index is 12.6. The van der Waals surface area contributed by atoms with Crippen molar-refractivity contribution in [1.29, 1.82) is 0 Å². The van der Waals surface area contributed by atoms with Gasteiger partial charge in [0.2, 0.25) is 5.91 Å². The van der Waals surface area contributed by atoms with Crippen LogP contribution in [0.5, 0.6) is 0 Å². The van der Waals surface area contributed by atoms with Gasteiger partial charge < -0.3 is 10.0 Å². The first kappa shape index (κ1) is 14.9. The summed E-state index contributed by atoms with van der Waals surface area (Å²) in [7, 11) is 0. The number of carbonyl (C=O) groups is 2. The van der Waals surface area contributed by atoms with Crippen molar-refractivity contribution >= 4 is 23.6 Å². The molecule has 1 aromatic carbocycles. The summed E-state index contributed by atoms with van der Waals surface area (Å²) in [5, 5.41) is 8.58. The number of aryl methyl sites for hydroxylation is 1. The van der Waals surface area contributed by atoms with Gasteiger partial charge in [-0.15, -0.1) is 11.8 Å². The van der Waals surface area contributed by atoms with Gasteiger partial charge in [0.25, 0.3) is 0 Å². The Kier molecular flexibility index (Phi) is 5.06. The van der Waals surface area contributed by atoms with Crippen molar-refractivity contribution < 1.29 is 14.7 Å². The number of thioether (sulfide) groups is 1. The molecule has 0 unspecified atom stereocenters. The van der Waals surface area contributed by atoms with Gasteiger partial charge in [0.15, 0.2) is 0 Å². The van der Waals surface area contributed by atoms with Gasteiger partial charge in [0.05, 0.1) is 6.42 Å². The van der Waals surface area contributed by atoms with E-state index in [-0.39, 0.29) is 24.1 Å². The molecule has 4 nitrogen and oxygen atoms in total. The van der Waals surface area contributed by atoms with Gasteiger partial charge in [-0.05, 0) is 30.2 Å². The fraction of sp³-hybridized carbons (Fsp3) is 0.467. The molecule has 108 valence electrons. The lowest BCUT2D eigenvalue weighted by atomic mass is 10.0. The van der Waals surface area contributed by atoms with Crippen molar-refractivity contribution in [3.05, 3.63) is 35.4 Å². The predicted molar refractivity (Wildman–Crippen MR) is 79.9 cm³/mol. The third-order valence-corrected chi connectivity index (χ3v) is 4.74. The van der Waals surface area contributed by atoms with Gasteiger partial charge in [-0.2, -0.15) is 0 Å². The van der Waals surface area contributed by atoms with E-state index in [0.717, 1.165) is 17.7 Å². The molecule has 20 heavy (non-hydrogen) atoms. The van der Waals surface area contributed by atoms with Gasteiger partial charge >= 0.3 is 5.97 Å². The summed E-state index contributed by atoms with van der Waals surface area (Å²) < 4.78 is 0. The van der Waals surface area contributed by atoms with Crippen LogP contribution in [0.1, 0.15) is 29.7 Å². The number of hydrogen-bond acceptors (Lipinski definition) is 3. The molecule has 0 bridgehead atoms. The van der Waals surface area contributed by atoms with E-state index in [1.807, 2.05) is 25.1 Å². The van der Waals surface area contributed by atoms with Crippen molar-refractivity contribution in [1.82, 2.24) is 4.90 Å². The number of carbonyl (C=O) groups excluding carboxylic acids is 1. The molecule has 1 N–H and O–H groups in total. The lowest BCUT2D eigenvalue weighted by Gasteiger charge is -2.29. The van der Waals surface area contributed by atoms with Gasteiger partial charge in [0, 0.05) is 13.1 Å². The summed E-state index contributed by atoms with van der Waals surface area (Å²) >= 11 is 1.65. The van der Waals surface area contributed by atoms with E-state index in [9.17, 15) is 9.59 Å². The van der Waals surface area contributed by atoms with Gasteiger partial charge in [-0.1, -0.05) is 24.3 Å². The first-order valence-corrected chi connectivity index (χ1v) is 7.88. The van der Waals surface area contributed by atoms with Crippen LogP contribution in [0.3, 0.4) is 0 Å². The third-order valence-electron chi connectivity index (χ3n) is 3.51. The molecule has 5 heteroatoms. The molecular formula is C15H19NO3S. The van der Waals surface area contributed by atoms with Crippen molar-refractivity contribution in [2.24, 2.45) is 0 Å². The zero-order valence-electron chi connectivity index (χ0n) is 11.5. The van der Waals surface area contributed by atoms with E-state index in [0.29, 0.717) is 6.54 Å². The highest BCUT2D eigenvalue weighted by molar-refractivity contribution is 8.00. The second-order valence-corrected chi connectivity index (χ2v) is 5.97. The number of carboxylic acid groups (broad SMARTS) is 1. The first-order chi connectivity index (χ1) is 9.63. The Morgan fingerprint density at radius 3 is 2.85 bits per heavy atom. The summed E-state index contributed by atoms with van der Waals surface area (Å²) in [5.41, 5.74) is 2.32. The van der Waals surface area contributed by atoms with E-state index in [1.165, 1.54) is 5.56 Å². The summed E-state index contributed by atoms with van der Waals surface area (Å²) in [5.74, 6) is 0.100. The van der Waals surface area contributed by atoms with Crippen LogP contribution < -0.4 is 0 Å². The number of nitrogens with zero attached hydrogens (tertiary/aromatic N) is 1. The molecule has 0 saturated heterocycles. The molecule has 0 saturated carbocycles. The number of carboxylic acids is 1. The second-order valence-electron chi connectivity index (χ2n) is 4.76. The summed E-state index contributed by atoms with van der Waals surface area (Å²) in [6.07, 6.45) is 0.991. The Bertz CT molecular complexity index is 504. The molecule has 1 aromatic rings. The summed E-state index contributed by atoms with van der Waals surface area (Å²) in [6.45, 7) is 2.72. The van der Waals surface area contributed by atoms with E-state index >= 15 is 0 Å². The summed E-state index contributed by atoms with van der Waals surface area (Å²) in [6, 6.07) is 8.04. The van der Waals surface area contributed by atoms with Gasteiger partial charge in [-0.25, -0.2) is 0 Å². The number of rotatable bonds is 5. The molecule has 0 radical (unpaired) electrons. The number of hydrogen-bond donors (Lipinski definition) is 1. The normalized spacial score (nSPS) is 17.4. The van der Waals surface area contributed by atoms with Crippen molar-refractivity contribution in [3.63, 3.8) is 0 Å². The smallest absolute Gasteiger partial charge is 0.305 e. The fourth-order valence-electron chi connectivity index (χ4n) is 2.42. The predicted octanol–water partition coefficient (Wildman–Crippen LogP) is 2.34. The first-order valence-electron chi connectivity index (χ1n) is 6.83. The Morgan fingerprint density at radius 1 is 1.40 bits per heavy atom. The number of aliphatic carboxylic acids is 1. The molecule has 0 fully saturated rings. The van der Waals surface area contributed by atoms with E-state index in [4.69, 9.17) is 5.11 Å². The lowest BCUT2D eigenvalue weighted by molar-refractivity contribution is -0.138. The minimum Gasteiger partial charge on any atom is -0.481 e. The average molecular weight is 293 g/mol. The second kappa shape index (κ2) is 6.79. The average Bonchev–Trinajstić information content (AvgIpc) is 2.46. The highest BCUT2D eigenvalue weighted by Crippen LogP contribution is 2.37. The van der Waals surface area contributed by atoms with E-state index < -0.39 is 5.97 Å². The van der Waals surface area contributed by atoms with Crippen LogP contribution in [0, 0.1) is 0 Å². The fourth-order valence-corrected chi connectivity index (χ4v) is 3.69. The van der Waals surface area contributed by atoms with E-state index in [2.05, 4.69) is 6.07 Å². The largest absolute Gasteiger partial charge is 0.481 e. The molecule has 1 heterocycles. The SMILES string of the molecule is CCN(CCC(=O)O)C(=O)[C@@H]1SCCc2ccccc21. The minimum atomic E-state index is -0.868. The Labute approximate surface area is 123 Å². The van der Waals surface area contributed by atoms with Crippen LogP contribution in [0.25, 0.3) is 0 Å². The maximum atomic E-state index is 12.6. The maximum Gasteiger partial charge on any atom is 0.305 e. The standard InChI is InChI=1S/C15H19NO3S/c1-2-16(9-7-13(17)18)15(19)14-12-6-4-3-5-11(12)8-10-20-14/h3-6,14H,2,7-10H2,1H3,(H,17,18)/t14-/m1/s1. The number of amides is 1. The number of likely N-dealkylation sites (N-methyl/N-ethyl adjacent to an activating group) is 1. The van der Waals surface area contributed by atoms with Gasteiger partial charge in [0.1, 0.15) is 5.25 Å². The molecule has 2 rings (SSSR count). The third kappa shape index (κ3) is 3.33. The quantitative estimate of drug-likeness (QED) is 0.905. The molecule has 1 atom stereocenters. The van der Waals surface area contributed by atoms with Crippen molar-refractivity contribution in [2.75, 3.05) is 18.8 Å². The number of fused-ring (bicyclic) bond motifs is 1. The highest BCUT2D eigenvalue weighted by Gasteiger charge is 2.29. The zero-order chi connectivity index (χ0) is 14.5. The molecule has 0 aromatic heterocycles. The number of benzene rings is 1. The van der Waals surface area contributed by atoms with Crippen LogP contribution in [-0.2, 0) is 16.0 Å². The lowest BCUT2D eigenvalue weighted by Crippen LogP contribution is -2.36. The van der Waals surface area contributed by atoms with Crippen molar-refractivity contribution in [2.45, 2.75) is 25.0 Å². The summed E-state index contributed by atoms with van der Waals surface area (Å²) in [4.78, 5) is 24.9. The molecule has 1 aliphatic rings. The minimum absolute atomic E-state index is 0.00138. The van der Waals surface area contributed by atoms with Crippen LogP contribution in [0.2, 0.25) is 0 Å². The van der Waals surface area contributed by atoms with Crippen LogP contribution in [0.4, 0.5) is 0 Å². The van der Waals surface area contributed by atoms with Crippen LogP contribution in [0.15, 0.2) is 24.3 Å². The molecule has 1 amide bonds. The monoisotopic (exact) mass is 293 g/mol. The topological polar surface area (TPSA) is 57.6 Å². The van der Waals surface area contributed by atoms with Crippen LogP contribution >= 0.6 is 11.8 Å². The highest BCUT2D eigenvalue weighted by atomic mass is 32.2. The van der Waals surface area contributed by atoms with Gasteiger partial charge in [-0.3, -0.25) is 9.59 Å². The van der Waals surface area contributed by atoms with Crippen LogP contribution in [-0.4, -0.2) is 40.7 Å².